The summed E-state index contributed by atoms with van der Waals surface area (Å²) in [4.78, 5) is 17.4. The zero-order chi connectivity index (χ0) is 30.3. The molecule has 3 N–H and O–H groups in total. The Labute approximate surface area is 248 Å². The average Bonchev–Trinajstić information content (AvgIpc) is 3.00. The lowest BCUT2D eigenvalue weighted by molar-refractivity contribution is -0.115. The number of nitrogens with zero attached hydrogens (tertiary/aromatic N) is 2. The molecule has 0 aliphatic carbocycles. The first-order valence-electron chi connectivity index (χ1n) is 12.5. The molecule has 216 valence electrons. The van der Waals surface area contributed by atoms with Crippen molar-refractivity contribution in [1.82, 2.24) is 4.98 Å². The lowest BCUT2D eigenvalue weighted by atomic mass is 9.98. The van der Waals surface area contributed by atoms with Crippen LogP contribution >= 0.6 is 11.8 Å². The molecule has 0 fully saturated rings. The van der Waals surface area contributed by atoms with Gasteiger partial charge in [-0.25, -0.2) is 18.5 Å². The first kappa shape index (κ1) is 30.4. The Hall–Kier alpha value is -4.57. The van der Waals surface area contributed by atoms with Crippen LogP contribution in [0.2, 0.25) is 0 Å². The minimum absolute atomic E-state index is 0.0487. The number of carbonyl (C=O) groups excluding carboxylic acids is 1. The van der Waals surface area contributed by atoms with Gasteiger partial charge in [-0.15, -0.1) is 11.8 Å². The second-order valence-corrected chi connectivity index (χ2v) is 11.5. The predicted octanol–water partition coefficient (Wildman–Crippen LogP) is 5.08. The number of nitrogens with one attached hydrogen (secondary N) is 1. The van der Waals surface area contributed by atoms with Gasteiger partial charge in [-0.3, -0.25) is 4.79 Å². The minimum atomic E-state index is -3.83. The van der Waals surface area contributed by atoms with E-state index in [9.17, 15) is 18.5 Å². The molecule has 4 aromatic rings. The number of thioether (sulfide) groups is 1. The van der Waals surface area contributed by atoms with Gasteiger partial charge in [0.15, 0.2) is 11.5 Å². The lowest BCUT2D eigenvalue weighted by Gasteiger charge is -2.16. The topological polar surface area (TPSA) is 154 Å². The Balaban J connectivity index is 1.65. The van der Waals surface area contributed by atoms with Crippen LogP contribution in [0.15, 0.2) is 82.7 Å². The quantitative estimate of drug-likeness (QED) is 0.223. The van der Waals surface area contributed by atoms with E-state index in [1.165, 1.54) is 57.4 Å². The van der Waals surface area contributed by atoms with Crippen LogP contribution in [0.25, 0.3) is 22.4 Å². The smallest absolute Gasteiger partial charge is 0.238 e. The van der Waals surface area contributed by atoms with Crippen LogP contribution in [-0.4, -0.2) is 46.4 Å². The summed E-state index contributed by atoms with van der Waals surface area (Å²) < 4.78 is 39.4. The number of aromatic nitrogens is 1. The van der Waals surface area contributed by atoms with Crippen molar-refractivity contribution in [3.8, 4) is 45.7 Å². The van der Waals surface area contributed by atoms with Crippen LogP contribution in [0.4, 0.5) is 5.69 Å². The number of anilines is 1. The summed E-state index contributed by atoms with van der Waals surface area (Å²) in [6, 6.07) is 22.8. The molecule has 0 aliphatic heterocycles. The van der Waals surface area contributed by atoms with Crippen molar-refractivity contribution in [1.29, 1.82) is 5.26 Å². The van der Waals surface area contributed by atoms with Crippen molar-refractivity contribution in [2.24, 2.45) is 5.14 Å². The van der Waals surface area contributed by atoms with E-state index in [1.807, 2.05) is 36.4 Å². The number of carbonyl (C=O) groups is 1. The van der Waals surface area contributed by atoms with E-state index in [1.54, 1.807) is 12.1 Å². The Bertz CT molecular complexity index is 1710. The minimum Gasteiger partial charge on any atom is -0.493 e. The number of amides is 1. The van der Waals surface area contributed by atoms with Gasteiger partial charge >= 0.3 is 0 Å². The number of hydrogen-bond donors (Lipinski definition) is 2. The Kier molecular flexibility index (Phi) is 9.69. The molecule has 1 heterocycles. The summed E-state index contributed by atoms with van der Waals surface area (Å²) in [6.07, 6.45) is 0.114. The molecule has 0 saturated carbocycles. The van der Waals surface area contributed by atoms with Crippen LogP contribution in [0.1, 0.15) is 12.0 Å². The van der Waals surface area contributed by atoms with Gasteiger partial charge in [0.2, 0.25) is 21.7 Å². The number of sulfonamides is 1. The van der Waals surface area contributed by atoms with Crippen LogP contribution < -0.4 is 24.7 Å². The second kappa shape index (κ2) is 13.4. The summed E-state index contributed by atoms with van der Waals surface area (Å²) in [6.45, 7) is 0. The summed E-state index contributed by atoms with van der Waals surface area (Å²) >= 11 is 1.28. The maximum absolute atomic E-state index is 12.6. The SMILES string of the molecule is COc1cc(-c2cc(-c3ccccc3)nc(SCCC(=O)Nc3ccc(S(N)(=O)=O)cc3)c2C#N)cc(OC)c1OC. The molecule has 1 aromatic heterocycles. The maximum atomic E-state index is 12.6. The van der Waals surface area contributed by atoms with Crippen LogP contribution in [0.5, 0.6) is 17.2 Å². The number of primary sulfonamides is 1. The monoisotopic (exact) mass is 604 g/mol. The van der Waals surface area contributed by atoms with Crippen molar-refractivity contribution in [2.45, 2.75) is 16.3 Å². The number of rotatable bonds is 11. The van der Waals surface area contributed by atoms with Crippen molar-refractivity contribution < 1.29 is 27.4 Å². The highest BCUT2D eigenvalue weighted by molar-refractivity contribution is 7.99. The van der Waals surface area contributed by atoms with E-state index < -0.39 is 10.0 Å². The maximum Gasteiger partial charge on any atom is 0.238 e. The van der Waals surface area contributed by atoms with E-state index in [4.69, 9.17) is 24.3 Å². The van der Waals surface area contributed by atoms with E-state index in [-0.39, 0.29) is 17.2 Å². The molecule has 0 unspecified atom stereocenters. The Morgan fingerprint density at radius 3 is 2.14 bits per heavy atom. The van der Waals surface area contributed by atoms with Crippen molar-refractivity contribution in [3.63, 3.8) is 0 Å². The van der Waals surface area contributed by atoms with Gasteiger partial charge in [0.05, 0.1) is 37.5 Å². The molecule has 0 spiro atoms. The third-order valence-corrected chi connectivity index (χ3v) is 8.08. The number of nitriles is 1. The average molecular weight is 605 g/mol. The number of benzene rings is 3. The molecule has 3 aromatic carbocycles. The second-order valence-electron chi connectivity index (χ2n) is 8.84. The molecule has 1 amide bonds. The fourth-order valence-corrected chi connectivity index (χ4v) is 5.61. The molecule has 0 radical (unpaired) electrons. The Morgan fingerprint density at radius 2 is 1.60 bits per heavy atom. The number of ether oxygens (including phenoxy) is 3. The molecule has 12 heteroatoms. The lowest BCUT2D eigenvalue weighted by Crippen LogP contribution is -2.14. The number of nitrogens with two attached hydrogens (primary N) is 1. The van der Waals surface area contributed by atoms with Gasteiger partial charge in [0.1, 0.15) is 11.1 Å². The molecule has 10 nitrogen and oxygen atoms in total. The Morgan fingerprint density at radius 1 is 0.952 bits per heavy atom. The third-order valence-electron chi connectivity index (χ3n) is 6.18. The highest BCUT2D eigenvalue weighted by atomic mass is 32.2. The van der Waals surface area contributed by atoms with Gasteiger partial charge in [0, 0.05) is 29.0 Å². The predicted molar refractivity (Wildman–Crippen MR) is 161 cm³/mol. The summed E-state index contributed by atoms with van der Waals surface area (Å²) in [5.41, 5.74) is 3.58. The van der Waals surface area contributed by atoms with Gasteiger partial charge in [0.25, 0.3) is 0 Å². The summed E-state index contributed by atoms with van der Waals surface area (Å²) in [5.74, 6) is 1.36. The molecule has 42 heavy (non-hydrogen) atoms. The van der Waals surface area contributed by atoms with Crippen molar-refractivity contribution in [3.05, 3.63) is 78.4 Å². The van der Waals surface area contributed by atoms with Gasteiger partial charge in [-0.2, -0.15) is 5.26 Å². The molecular formula is C30H28N4O6S2. The fourth-order valence-electron chi connectivity index (χ4n) is 4.15. The molecule has 4 rings (SSSR count). The summed E-state index contributed by atoms with van der Waals surface area (Å²) in [5, 5.41) is 18.6. The van der Waals surface area contributed by atoms with Crippen molar-refractivity contribution >= 4 is 33.4 Å². The van der Waals surface area contributed by atoms with Gasteiger partial charge < -0.3 is 19.5 Å². The van der Waals surface area contributed by atoms with Gasteiger partial charge in [-0.05, 0) is 48.0 Å². The first-order chi connectivity index (χ1) is 20.2. The number of pyridine rings is 1. The van der Waals surface area contributed by atoms with E-state index in [0.717, 1.165) is 5.56 Å². The molecule has 0 atom stereocenters. The first-order valence-corrected chi connectivity index (χ1v) is 15.1. The largest absolute Gasteiger partial charge is 0.493 e. The van der Waals surface area contributed by atoms with Gasteiger partial charge in [-0.1, -0.05) is 30.3 Å². The zero-order valence-electron chi connectivity index (χ0n) is 23.1. The molecule has 0 saturated heterocycles. The summed E-state index contributed by atoms with van der Waals surface area (Å²) in [7, 11) is 0.737. The normalized spacial score (nSPS) is 10.9. The standard InChI is InChI=1S/C30H28N4O6S2/c1-38-26-15-20(16-27(39-2)29(26)40-3)23-17-25(19-7-5-4-6-8-19)34-30(24(23)18-31)41-14-13-28(35)33-21-9-11-22(12-10-21)42(32,36)37/h4-12,15-17H,13-14H2,1-3H3,(H,33,35)(H2,32,36,37). The molecule has 0 aliphatic rings. The van der Waals surface area contributed by atoms with Crippen LogP contribution in [0.3, 0.4) is 0 Å². The van der Waals surface area contributed by atoms with E-state index in [0.29, 0.717) is 56.1 Å². The third kappa shape index (κ3) is 7.01. The van der Waals surface area contributed by atoms with E-state index in [2.05, 4.69) is 11.4 Å². The fraction of sp³-hybridized carbons (Fsp3) is 0.167. The van der Waals surface area contributed by atoms with Crippen LogP contribution in [0, 0.1) is 11.3 Å². The molecule has 0 bridgehead atoms. The highest BCUT2D eigenvalue weighted by Crippen LogP contribution is 2.43. The van der Waals surface area contributed by atoms with Crippen molar-refractivity contribution in [2.75, 3.05) is 32.4 Å². The highest BCUT2D eigenvalue weighted by Gasteiger charge is 2.20. The van der Waals surface area contributed by atoms with Crippen LogP contribution in [-0.2, 0) is 14.8 Å². The number of methoxy groups -OCH3 is 3. The molecular weight excluding hydrogens is 576 g/mol. The number of hydrogen-bond acceptors (Lipinski definition) is 9. The van der Waals surface area contributed by atoms with E-state index >= 15 is 0 Å². The zero-order valence-corrected chi connectivity index (χ0v) is 24.7.